The minimum absolute atomic E-state index is 0.0455. The van der Waals surface area contributed by atoms with Crippen molar-refractivity contribution in [1.29, 1.82) is 0 Å². The number of ether oxygens (including phenoxy) is 2. The van der Waals surface area contributed by atoms with Crippen molar-refractivity contribution in [2.75, 3.05) is 20.2 Å². The Kier molecular flexibility index (Phi) is 6.01. The number of benzene rings is 1. The Hall–Kier alpha value is -2.84. The van der Waals surface area contributed by atoms with Crippen molar-refractivity contribution in [3.63, 3.8) is 0 Å². The molecule has 1 unspecified atom stereocenters. The molecule has 0 spiro atoms. The van der Waals surface area contributed by atoms with Crippen LogP contribution in [0.5, 0.6) is 11.8 Å². The van der Waals surface area contributed by atoms with Crippen molar-refractivity contribution in [2.45, 2.75) is 31.5 Å². The topological polar surface area (TPSA) is 64.6 Å². The highest BCUT2D eigenvalue weighted by Gasteiger charge is 2.30. The molecule has 1 aromatic carbocycles. The number of hydrogen-bond donors (Lipinski definition) is 0. The van der Waals surface area contributed by atoms with E-state index in [0.29, 0.717) is 30.4 Å². The number of piperidine rings is 1. The summed E-state index contributed by atoms with van der Waals surface area (Å²) in [6.45, 7) is 0.974. The summed E-state index contributed by atoms with van der Waals surface area (Å²) in [5, 5.41) is 0. The molecule has 1 aliphatic rings. The number of rotatable bonds is 5. The number of likely N-dealkylation sites (tertiary alicyclic amines) is 1. The number of methoxy groups -OCH3 is 1. The van der Waals surface area contributed by atoms with E-state index in [1.165, 1.54) is 31.6 Å². The van der Waals surface area contributed by atoms with Crippen molar-refractivity contribution in [3.8, 4) is 11.8 Å². The summed E-state index contributed by atoms with van der Waals surface area (Å²) < 4.78 is 48.7. The lowest BCUT2D eigenvalue weighted by atomic mass is 10.1. The van der Waals surface area contributed by atoms with Crippen LogP contribution in [0.25, 0.3) is 0 Å². The summed E-state index contributed by atoms with van der Waals surface area (Å²) in [6, 6.07) is 4.66. The van der Waals surface area contributed by atoms with Gasteiger partial charge in [-0.15, -0.1) is 0 Å². The van der Waals surface area contributed by atoms with Gasteiger partial charge in [0, 0.05) is 6.54 Å². The first-order valence-electron chi connectivity index (χ1n) is 8.82. The molecule has 2 aromatic rings. The van der Waals surface area contributed by atoms with Gasteiger partial charge in [-0.05, 0) is 30.5 Å². The van der Waals surface area contributed by atoms with Gasteiger partial charge < -0.3 is 14.4 Å². The highest BCUT2D eigenvalue weighted by atomic mass is 19.4. The normalized spacial score (nSPS) is 17.3. The van der Waals surface area contributed by atoms with Crippen molar-refractivity contribution >= 4 is 5.91 Å². The second-order valence-corrected chi connectivity index (χ2v) is 6.49. The molecule has 1 fully saturated rings. The number of alkyl halides is 3. The van der Waals surface area contributed by atoms with E-state index >= 15 is 0 Å². The van der Waals surface area contributed by atoms with Crippen LogP contribution >= 0.6 is 0 Å². The standard InChI is InChI=1S/C19H20F3N3O3/c1-27-16-10-23-11-17(24-16)28-15-3-2-8-25(12-15)18(26)9-13-4-6-14(7-5-13)19(20,21)22/h4-7,10-11,15H,2-3,8-9,12H2,1H3. The number of nitrogens with zero attached hydrogens (tertiary/aromatic N) is 3. The third-order valence-electron chi connectivity index (χ3n) is 4.45. The number of amides is 1. The molecule has 6 nitrogen and oxygen atoms in total. The third-order valence-corrected chi connectivity index (χ3v) is 4.45. The van der Waals surface area contributed by atoms with Crippen LogP contribution in [0.15, 0.2) is 36.7 Å². The number of carbonyl (C=O) groups is 1. The predicted molar refractivity (Wildman–Crippen MR) is 94.0 cm³/mol. The number of halogens is 3. The zero-order valence-corrected chi connectivity index (χ0v) is 15.3. The number of hydrogen-bond acceptors (Lipinski definition) is 5. The lowest BCUT2D eigenvalue weighted by Crippen LogP contribution is -2.45. The van der Waals surface area contributed by atoms with E-state index < -0.39 is 11.7 Å². The van der Waals surface area contributed by atoms with E-state index in [2.05, 4.69) is 9.97 Å². The molecule has 150 valence electrons. The minimum atomic E-state index is -4.39. The van der Waals surface area contributed by atoms with E-state index in [1.807, 2.05) is 0 Å². The molecule has 0 bridgehead atoms. The molecular weight excluding hydrogens is 375 g/mol. The van der Waals surface area contributed by atoms with Crippen LogP contribution in [-0.2, 0) is 17.4 Å². The predicted octanol–water partition coefficient (Wildman–Crippen LogP) is 3.12. The Labute approximate surface area is 160 Å². The molecule has 1 aliphatic heterocycles. The summed E-state index contributed by atoms with van der Waals surface area (Å²) >= 11 is 0. The zero-order chi connectivity index (χ0) is 20.1. The van der Waals surface area contributed by atoms with Crippen molar-refractivity contribution in [1.82, 2.24) is 14.9 Å². The maximum absolute atomic E-state index is 12.6. The van der Waals surface area contributed by atoms with E-state index in [4.69, 9.17) is 9.47 Å². The van der Waals surface area contributed by atoms with E-state index in [0.717, 1.165) is 25.0 Å². The number of carbonyl (C=O) groups excluding carboxylic acids is 1. The molecular formula is C19H20F3N3O3. The SMILES string of the molecule is COc1cncc(OC2CCCN(C(=O)Cc3ccc(C(F)(F)F)cc3)C2)n1. The van der Waals surface area contributed by atoms with Gasteiger partial charge in [0.2, 0.25) is 17.7 Å². The van der Waals surface area contributed by atoms with E-state index in [1.54, 1.807) is 4.90 Å². The maximum atomic E-state index is 12.6. The van der Waals surface area contributed by atoms with Crippen molar-refractivity contribution in [2.24, 2.45) is 0 Å². The fourth-order valence-corrected chi connectivity index (χ4v) is 3.02. The van der Waals surface area contributed by atoms with Gasteiger partial charge in [0.15, 0.2) is 0 Å². The van der Waals surface area contributed by atoms with Gasteiger partial charge in [0.25, 0.3) is 0 Å². The molecule has 3 rings (SSSR count). The van der Waals surface area contributed by atoms with Gasteiger partial charge in [-0.2, -0.15) is 18.2 Å². The van der Waals surface area contributed by atoms with Gasteiger partial charge in [0.05, 0.1) is 38.0 Å². The molecule has 1 amide bonds. The van der Waals surface area contributed by atoms with Gasteiger partial charge in [-0.3, -0.25) is 9.78 Å². The van der Waals surface area contributed by atoms with Crippen LogP contribution in [0, 0.1) is 0 Å². The molecule has 0 radical (unpaired) electrons. The Morgan fingerprint density at radius 2 is 1.93 bits per heavy atom. The number of aromatic nitrogens is 2. The molecule has 1 saturated heterocycles. The smallest absolute Gasteiger partial charge is 0.416 e. The van der Waals surface area contributed by atoms with E-state index in [-0.39, 0.29) is 18.4 Å². The third kappa shape index (κ3) is 5.11. The van der Waals surface area contributed by atoms with Gasteiger partial charge in [0.1, 0.15) is 6.10 Å². The Morgan fingerprint density at radius 3 is 2.61 bits per heavy atom. The van der Waals surface area contributed by atoms with Gasteiger partial charge >= 0.3 is 6.18 Å². The largest absolute Gasteiger partial charge is 0.480 e. The van der Waals surface area contributed by atoms with Crippen LogP contribution in [0.4, 0.5) is 13.2 Å². The molecule has 1 aromatic heterocycles. The Morgan fingerprint density at radius 1 is 1.21 bits per heavy atom. The first-order chi connectivity index (χ1) is 13.3. The summed E-state index contributed by atoms with van der Waals surface area (Å²) in [5.74, 6) is 0.509. The maximum Gasteiger partial charge on any atom is 0.416 e. The fourth-order valence-electron chi connectivity index (χ4n) is 3.02. The average Bonchev–Trinajstić information content (AvgIpc) is 2.68. The van der Waals surface area contributed by atoms with Crippen LogP contribution < -0.4 is 9.47 Å². The molecule has 2 heterocycles. The molecule has 0 aliphatic carbocycles. The Bertz CT molecular complexity index is 812. The Balaban J connectivity index is 1.58. The molecule has 0 N–H and O–H groups in total. The van der Waals surface area contributed by atoms with Crippen molar-refractivity contribution in [3.05, 3.63) is 47.8 Å². The molecule has 9 heteroatoms. The summed E-state index contributed by atoms with van der Waals surface area (Å²) in [6.07, 6.45) is -0.0953. The zero-order valence-electron chi connectivity index (χ0n) is 15.3. The lowest BCUT2D eigenvalue weighted by molar-refractivity contribution is -0.137. The van der Waals surface area contributed by atoms with Crippen molar-refractivity contribution < 1.29 is 27.4 Å². The van der Waals surface area contributed by atoms with Crippen LogP contribution in [0.3, 0.4) is 0 Å². The molecule has 1 atom stereocenters. The van der Waals surface area contributed by atoms with Crippen LogP contribution in [-0.4, -0.2) is 47.1 Å². The monoisotopic (exact) mass is 395 g/mol. The summed E-state index contributed by atoms with van der Waals surface area (Å²) in [5.41, 5.74) is -0.186. The van der Waals surface area contributed by atoms with Gasteiger partial charge in [-0.25, -0.2) is 0 Å². The van der Waals surface area contributed by atoms with Crippen LogP contribution in [0.2, 0.25) is 0 Å². The fraction of sp³-hybridized carbons (Fsp3) is 0.421. The first kappa shape index (κ1) is 19.9. The highest BCUT2D eigenvalue weighted by Crippen LogP contribution is 2.29. The quantitative estimate of drug-likeness (QED) is 0.778. The van der Waals surface area contributed by atoms with E-state index in [9.17, 15) is 18.0 Å². The average molecular weight is 395 g/mol. The first-order valence-corrected chi connectivity index (χ1v) is 8.82. The van der Waals surface area contributed by atoms with Crippen LogP contribution in [0.1, 0.15) is 24.0 Å². The summed E-state index contributed by atoms with van der Waals surface area (Å²) in [4.78, 5) is 22.3. The van der Waals surface area contributed by atoms with Gasteiger partial charge in [-0.1, -0.05) is 12.1 Å². The molecule has 28 heavy (non-hydrogen) atoms. The minimum Gasteiger partial charge on any atom is -0.480 e. The summed E-state index contributed by atoms with van der Waals surface area (Å²) in [7, 11) is 1.48. The second kappa shape index (κ2) is 8.45. The lowest BCUT2D eigenvalue weighted by Gasteiger charge is -2.32. The second-order valence-electron chi connectivity index (χ2n) is 6.49. The molecule has 0 saturated carbocycles. The highest BCUT2D eigenvalue weighted by molar-refractivity contribution is 5.79.